The van der Waals surface area contributed by atoms with Crippen LogP contribution in [0.4, 0.5) is 5.82 Å². The van der Waals surface area contributed by atoms with E-state index in [4.69, 9.17) is 10.5 Å². The number of nitrogen functional groups attached to an aromatic ring is 1. The van der Waals surface area contributed by atoms with Crippen molar-refractivity contribution in [1.82, 2.24) is 24.8 Å². The number of nitrogens with two attached hydrogens (primary N) is 1. The molecule has 7 heteroatoms. The van der Waals surface area contributed by atoms with Crippen LogP contribution in [0.25, 0.3) is 33.1 Å². The van der Waals surface area contributed by atoms with Crippen LogP contribution < -0.4 is 5.73 Å². The average Bonchev–Trinajstić information content (AvgIpc) is 3.23. The summed E-state index contributed by atoms with van der Waals surface area (Å²) in [5, 5.41) is 2.13. The lowest BCUT2D eigenvalue weighted by Gasteiger charge is -2.40. The Hall–Kier alpha value is -3.00. The Kier molecular flexibility index (Phi) is 5.46. The lowest BCUT2D eigenvalue weighted by atomic mass is 10.0. The number of morpholine rings is 1. The standard InChI is InChI=1S/C26H30N6O/c27-25-14-22-23-13-20(15-29-26(23)30-24(22)16-28-25)19-3-1-18(2-4-19)17-31-7-5-21(6-8-31)32-9-11-33-12-10-32/h1-4,13-16,21H,5-12,17H2,(H2,27,28)(H,29,30). The summed E-state index contributed by atoms with van der Waals surface area (Å²) in [5.41, 5.74) is 11.4. The molecule has 1 aromatic carbocycles. The second kappa shape index (κ2) is 8.74. The van der Waals surface area contributed by atoms with Gasteiger partial charge in [0.05, 0.1) is 24.9 Å². The molecule has 0 radical (unpaired) electrons. The summed E-state index contributed by atoms with van der Waals surface area (Å²) in [4.78, 5) is 17.3. The zero-order valence-corrected chi connectivity index (χ0v) is 18.8. The third kappa shape index (κ3) is 4.19. The number of H-pyrrole nitrogens is 1. The second-order valence-electron chi connectivity index (χ2n) is 9.25. The number of rotatable bonds is 4. The normalized spacial score (nSPS) is 18.9. The van der Waals surface area contributed by atoms with Crippen molar-refractivity contribution in [3.05, 3.63) is 54.4 Å². The molecule has 2 aliphatic heterocycles. The minimum absolute atomic E-state index is 0.520. The van der Waals surface area contributed by atoms with Crippen molar-refractivity contribution in [3.63, 3.8) is 0 Å². The highest BCUT2D eigenvalue weighted by molar-refractivity contribution is 6.07. The monoisotopic (exact) mass is 442 g/mol. The maximum absolute atomic E-state index is 5.91. The smallest absolute Gasteiger partial charge is 0.138 e. The zero-order chi connectivity index (χ0) is 22.2. The minimum atomic E-state index is 0.520. The van der Waals surface area contributed by atoms with Gasteiger partial charge in [-0.1, -0.05) is 24.3 Å². The highest BCUT2D eigenvalue weighted by Gasteiger charge is 2.25. The van der Waals surface area contributed by atoms with Crippen LogP contribution in [0.1, 0.15) is 18.4 Å². The van der Waals surface area contributed by atoms with Crippen LogP contribution in [-0.4, -0.2) is 70.2 Å². The maximum Gasteiger partial charge on any atom is 0.138 e. The largest absolute Gasteiger partial charge is 0.384 e. The van der Waals surface area contributed by atoms with E-state index in [2.05, 4.69) is 55.1 Å². The van der Waals surface area contributed by atoms with Crippen LogP contribution in [0, 0.1) is 0 Å². The molecule has 4 aromatic rings. The maximum atomic E-state index is 5.91. The Morgan fingerprint density at radius 3 is 2.48 bits per heavy atom. The lowest BCUT2D eigenvalue weighted by molar-refractivity contribution is 0.000231. The number of fused-ring (bicyclic) bond motifs is 3. The zero-order valence-electron chi connectivity index (χ0n) is 18.8. The summed E-state index contributed by atoms with van der Waals surface area (Å²) in [6.07, 6.45) is 6.22. The van der Waals surface area contributed by atoms with Gasteiger partial charge < -0.3 is 15.5 Å². The third-order valence-corrected chi connectivity index (χ3v) is 7.17. The molecule has 0 aliphatic carbocycles. The van der Waals surface area contributed by atoms with Gasteiger partial charge in [0.1, 0.15) is 11.5 Å². The van der Waals surface area contributed by atoms with E-state index < -0.39 is 0 Å². The molecule has 0 saturated carbocycles. The first-order valence-electron chi connectivity index (χ1n) is 11.9. The van der Waals surface area contributed by atoms with E-state index in [1.807, 2.05) is 12.3 Å². The number of hydrogen-bond acceptors (Lipinski definition) is 6. The third-order valence-electron chi connectivity index (χ3n) is 7.17. The number of anilines is 1. The Balaban J connectivity index is 1.13. The van der Waals surface area contributed by atoms with Gasteiger partial charge in [-0.15, -0.1) is 0 Å². The van der Waals surface area contributed by atoms with E-state index in [1.165, 1.54) is 37.1 Å². The lowest BCUT2D eigenvalue weighted by Crippen LogP contribution is -2.48. The molecule has 2 saturated heterocycles. The van der Waals surface area contributed by atoms with E-state index in [9.17, 15) is 0 Å². The molecule has 5 heterocycles. The number of hydrogen-bond donors (Lipinski definition) is 2. The first-order chi connectivity index (χ1) is 16.2. The molecule has 0 atom stereocenters. The predicted octanol–water partition coefficient (Wildman–Crippen LogP) is 3.66. The molecule has 2 fully saturated rings. The van der Waals surface area contributed by atoms with Gasteiger partial charge in [-0.3, -0.25) is 9.80 Å². The van der Waals surface area contributed by atoms with E-state index in [0.29, 0.717) is 5.82 Å². The van der Waals surface area contributed by atoms with E-state index in [0.717, 1.165) is 66.4 Å². The van der Waals surface area contributed by atoms with Gasteiger partial charge in [-0.05, 0) is 49.2 Å². The fraction of sp³-hybridized carbons (Fsp3) is 0.385. The molecule has 170 valence electrons. The van der Waals surface area contributed by atoms with Gasteiger partial charge in [-0.25, -0.2) is 9.97 Å². The van der Waals surface area contributed by atoms with E-state index >= 15 is 0 Å². The predicted molar refractivity (Wildman–Crippen MR) is 132 cm³/mol. The number of nitrogens with zero attached hydrogens (tertiary/aromatic N) is 4. The molecule has 0 bridgehead atoms. The van der Waals surface area contributed by atoms with Crippen molar-refractivity contribution in [2.24, 2.45) is 0 Å². The minimum Gasteiger partial charge on any atom is -0.384 e. The summed E-state index contributed by atoms with van der Waals surface area (Å²) in [5.74, 6) is 0.520. The topological polar surface area (TPSA) is 83.3 Å². The fourth-order valence-electron chi connectivity index (χ4n) is 5.30. The molecule has 2 aliphatic rings. The molecule has 3 aromatic heterocycles. The number of nitrogens with one attached hydrogen (secondary N) is 1. The summed E-state index contributed by atoms with van der Waals surface area (Å²) in [7, 11) is 0. The summed E-state index contributed by atoms with van der Waals surface area (Å²) in [6.45, 7) is 7.32. The number of ether oxygens (including phenoxy) is 1. The summed E-state index contributed by atoms with van der Waals surface area (Å²) < 4.78 is 5.51. The van der Waals surface area contributed by atoms with Gasteiger partial charge in [0, 0.05) is 48.2 Å². The molecule has 33 heavy (non-hydrogen) atoms. The number of pyridine rings is 2. The van der Waals surface area contributed by atoms with Crippen LogP contribution in [0.15, 0.2) is 48.8 Å². The average molecular weight is 443 g/mol. The molecular formula is C26H30N6O. The second-order valence-corrected chi connectivity index (χ2v) is 9.25. The van der Waals surface area contributed by atoms with Gasteiger partial charge >= 0.3 is 0 Å². The van der Waals surface area contributed by atoms with E-state index in [1.54, 1.807) is 6.20 Å². The highest BCUT2D eigenvalue weighted by atomic mass is 16.5. The van der Waals surface area contributed by atoms with Crippen LogP contribution in [0.2, 0.25) is 0 Å². The van der Waals surface area contributed by atoms with Crippen molar-refractivity contribution < 1.29 is 4.74 Å². The number of benzene rings is 1. The quantitative estimate of drug-likeness (QED) is 0.502. The first kappa shape index (κ1) is 20.6. The van der Waals surface area contributed by atoms with Crippen molar-refractivity contribution >= 4 is 27.8 Å². The van der Waals surface area contributed by atoms with Crippen LogP contribution in [0.5, 0.6) is 0 Å². The van der Waals surface area contributed by atoms with Crippen molar-refractivity contribution in [1.29, 1.82) is 0 Å². The van der Waals surface area contributed by atoms with Crippen molar-refractivity contribution in [3.8, 4) is 11.1 Å². The molecule has 0 spiro atoms. The molecule has 7 nitrogen and oxygen atoms in total. The van der Waals surface area contributed by atoms with Gasteiger partial charge in [0.25, 0.3) is 0 Å². The summed E-state index contributed by atoms with van der Waals surface area (Å²) >= 11 is 0. The molecule has 3 N–H and O–H groups in total. The number of aromatic nitrogens is 3. The Labute approximate surface area is 193 Å². The number of likely N-dealkylation sites (tertiary alicyclic amines) is 1. The highest BCUT2D eigenvalue weighted by Crippen LogP contribution is 2.29. The molecule has 0 unspecified atom stereocenters. The fourth-order valence-corrected chi connectivity index (χ4v) is 5.30. The Morgan fingerprint density at radius 2 is 1.70 bits per heavy atom. The van der Waals surface area contributed by atoms with E-state index in [-0.39, 0.29) is 0 Å². The van der Waals surface area contributed by atoms with Gasteiger partial charge in [0.2, 0.25) is 0 Å². The SMILES string of the molecule is Nc1cc2c(cn1)[nH]c1ncc(-c3ccc(CN4CCC(N5CCOCC5)CC4)cc3)cc12. The number of piperidine rings is 1. The molecular weight excluding hydrogens is 412 g/mol. The Morgan fingerprint density at radius 1 is 0.909 bits per heavy atom. The van der Waals surface area contributed by atoms with Crippen molar-refractivity contribution in [2.75, 3.05) is 45.1 Å². The molecule has 6 rings (SSSR count). The summed E-state index contributed by atoms with van der Waals surface area (Å²) in [6, 6.07) is 13.8. The first-order valence-corrected chi connectivity index (χ1v) is 11.9. The van der Waals surface area contributed by atoms with Crippen LogP contribution in [0.3, 0.4) is 0 Å². The van der Waals surface area contributed by atoms with Gasteiger partial charge in [-0.2, -0.15) is 0 Å². The number of aromatic amines is 1. The Bertz CT molecular complexity index is 1250. The van der Waals surface area contributed by atoms with Crippen molar-refractivity contribution in [2.45, 2.75) is 25.4 Å². The van der Waals surface area contributed by atoms with Gasteiger partial charge in [0.15, 0.2) is 0 Å². The van der Waals surface area contributed by atoms with Crippen LogP contribution in [-0.2, 0) is 11.3 Å². The van der Waals surface area contributed by atoms with Crippen LogP contribution >= 0.6 is 0 Å². The molecule has 0 amide bonds.